The van der Waals surface area contributed by atoms with E-state index in [0.717, 1.165) is 30.5 Å². The summed E-state index contributed by atoms with van der Waals surface area (Å²) in [6.45, 7) is 0. The van der Waals surface area contributed by atoms with Gasteiger partial charge in [0.1, 0.15) is 0 Å². The molecule has 0 saturated carbocycles. The van der Waals surface area contributed by atoms with Crippen LogP contribution in [0.4, 0.5) is 0 Å². The van der Waals surface area contributed by atoms with E-state index in [4.69, 9.17) is 11.6 Å². The molecular formula is C14H15ClN2O. The van der Waals surface area contributed by atoms with Crippen LogP contribution in [-0.2, 0) is 19.9 Å². The maximum absolute atomic E-state index is 12.4. The molecule has 0 spiro atoms. The highest BCUT2D eigenvalue weighted by molar-refractivity contribution is 6.30. The van der Waals surface area contributed by atoms with Crippen molar-refractivity contribution in [3.05, 3.63) is 50.9 Å². The Morgan fingerprint density at radius 3 is 2.44 bits per heavy atom. The number of rotatable bonds is 1. The van der Waals surface area contributed by atoms with Crippen LogP contribution in [0.5, 0.6) is 0 Å². The Morgan fingerprint density at radius 1 is 1.11 bits per heavy atom. The summed E-state index contributed by atoms with van der Waals surface area (Å²) in [5, 5.41) is 0.686. The second-order valence-electron chi connectivity index (χ2n) is 4.75. The minimum absolute atomic E-state index is 0.120. The Kier molecular flexibility index (Phi) is 2.78. The zero-order valence-electron chi connectivity index (χ0n) is 10.3. The van der Waals surface area contributed by atoms with Crippen LogP contribution >= 0.6 is 11.6 Å². The molecule has 0 unspecified atom stereocenters. The molecule has 0 aliphatic heterocycles. The van der Waals surface area contributed by atoms with Crippen molar-refractivity contribution >= 4 is 11.6 Å². The van der Waals surface area contributed by atoms with Crippen molar-refractivity contribution in [3.8, 4) is 5.69 Å². The van der Waals surface area contributed by atoms with Gasteiger partial charge >= 0.3 is 0 Å². The van der Waals surface area contributed by atoms with Crippen molar-refractivity contribution in [1.29, 1.82) is 0 Å². The molecule has 1 aromatic carbocycles. The molecule has 0 N–H and O–H groups in total. The molecular weight excluding hydrogens is 248 g/mol. The fourth-order valence-corrected chi connectivity index (χ4v) is 2.86. The lowest BCUT2D eigenvalue weighted by Crippen LogP contribution is -2.20. The highest BCUT2D eigenvalue weighted by atomic mass is 35.5. The van der Waals surface area contributed by atoms with E-state index in [9.17, 15) is 4.79 Å². The van der Waals surface area contributed by atoms with Crippen LogP contribution in [0, 0.1) is 0 Å². The van der Waals surface area contributed by atoms with Gasteiger partial charge < -0.3 is 0 Å². The molecule has 0 fully saturated rings. The average Bonchev–Trinajstić information content (AvgIpc) is 2.64. The van der Waals surface area contributed by atoms with Gasteiger partial charge in [-0.25, -0.2) is 4.68 Å². The van der Waals surface area contributed by atoms with E-state index in [2.05, 4.69) is 0 Å². The minimum Gasteiger partial charge on any atom is -0.285 e. The van der Waals surface area contributed by atoms with E-state index < -0.39 is 0 Å². The molecule has 1 heterocycles. The van der Waals surface area contributed by atoms with Crippen LogP contribution in [0.25, 0.3) is 5.69 Å². The van der Waals surface area contributed by atoms with Crippen molar-refractivity contribution in [3.63, 3.8) is 0 Å². The second kappa shape index (κ2) is 4.32. The Labute approximate surface area is 111 Å². The van der Waals surface area contributed by atoms with Gasteiger partial charge in [0.15, 0.2) is 0 Å². The molecule has 0 atom stereocenters. The van der Waals surface area contributed by atoms with Crippen molar-refractivity contribution in [2.45, 2.75) is 25.7 Å². The summed E-state index contributed by atoms with van der Waals surface area (Å²) in [5.74, 6) is 0. The predicted octanol–water partition coefficient (Wildman–Crippen LogP) is 2.71. The number of nitrogens with zero attached hydrogens (tertiary/aromatic N) is 2. The van der Waals surface area contributed by atoms with Crippen LogP contribution in [0.1, 0.15) is 24.1 Å². The Hall–Kier alpha value is -1.48. The SMILES string of the molecule is Cn1c2c(c(=O)n1-c1ccc(Cl)cc1)CCCC2. The van der Waals surface area contributed by atoms with Gasteiger partial charge in [-0.05, 0) is 49.9 Å². The first-order valence-electron chi connectivity index (χ1n) is 6.24. The second-order valence-corrected chi connectivity index (χ2v) is 5.19. The summed E-state index contributed by atoms with van der Waals surface area (Å²) in [6.07, 6.45) is 4.20. The van der Waals surface area contributed by atoms with E-state index in [-0.39, 0.29) is 5.56 Å². The van der Waals surface area contributed by atoms with E-state index in [1.54, 1.807) is 4.68 Å². The summed E-state index contributed by atoms with van der Waals surface area (Å²) in [6, 6.07) is 7.40. The van der Waals surface area contributed by atoms with Gasteiger partial charge in [0.25, 0.3) is 5.56 Å². The maximum atomic E-state index is 12.4. The lowest BCUT2D eigenvalue weighted by atomic mass is 9.98. The number of hydrogen-bond acceptors (Lipinski definition) is 1. The molecule has 2 aromatic rings. The maximum Gasteiger partial charge on any atom is 0.274 e. The monoisotopic (exact) mass is 262 g/mol. The summed E-state index contributed by atoms with van der Waals surface area (Å²) in [7, 11) is 1.96. The van der Waals surface area contributed by atoms with Crippen LogP contribution in [-0.4, -0.2) is 9.36 Å². The van der Waals surface area contributed by atoms with Crippen molar-refractivity contribution in [2.24, 2.45) is 7.05 Å². The van der Waals surface area contributed by atoms with Gasteiger partial charge in [0, 0.05) is 23.3 Å². The van der Waals surface area contributed by atoms with E-state index in [1.165, 1.54) is 12.1 Å². The standard InChI is InChI=1S/C14H15ClN2O/c1-16-13-5-3-2-4-12(13)14(18)17(16)11-8-6-10(15)7-9-11/h6-9H,2-5H2,1H3. The number of benzene rings is 1. The molecule has 0 bridgehead atoms. The number of fused-ring (bicyclic) bond motifs is 1. The van der Waals surface area contributed by atoms with E-state index >= 15 is 0 Å². The quantitative estimate of drug-likeness (QED) is 0.776. The molecule has 0 radical (unpaired) electrons. The Balaban J connectivity index is 2.21. The Bertz CT molecular complexity index is 637. The number of hydrogen-bond donors (Lipinski definition) is 0. The zero-order valence-corrected chi connectivity index (χ0v) is 11.1. The molecule has 1 aromatic heterocycles. The van der Waals surface area contributed by atoms with Gasteiger partial charge in [0.2, 0.25) is 0 Å². The summed E-state index contributed by atoms with van der Waals surface area (Å²) in [4.78, 5) is 12.4. The van der Waals surface area contributed by atoms with Crippen molar-refractivity contribution in [2.75, 3.05) is 0 Å². The fourth-order valence-electron chi connectivity index (χ4n) is 2.73. The van der Waals surface area contributed by atoms with Crippen LogP contribution in [0.3, 0.4) is 0 Å². The zero-order chi connectivity index (χ0) is 12.7. The van der Waals surface area contributed by atoms with Gasteiger partial charge in [0.05, 0.1) is 5.69 Å². The third kappa shape index (κ3) is 1.70. The highest BCUT2D eigenvalue weighted by Crippen LogP contribution is 2.20. The van der Waals surface area contributed by atoms with E-state index in [1.807, 2.05) is 36.0 Å². The molecule has 18 heavy (non-hydrogen) atoms. The summed E-state index contributed by atoms with van der Waals surface area (Å²) >= 11 is 5.89. The first-order valence-corrected chi connectivity index (χ1v) is 6.62. The largest absolute Gasteiger partial charge is 0.285 e. The number of halogens is 1. The van der Waals surface area contributed by atoms with Crippen molar-refractivity contribution in [1.82, 2.24) is 9.36 Å². The topological polar surface area (TPSA) is 26.9 Å². The number of aromatic nitrogens is 2. The Morgan fingerprint density at radius 2 is 1.78 bits per heavy atom. The predicted molar refractivity (Wildman–Crippen MR) is 72.7 cm³/mol. The third-order valence-electron chi connectivity index (χ3n) is 3.65. The third-order valence-corrected chi connectivity index (χ3v) is 3.90. The molecule has 1 aliphatic rings. The molecule has 0 amide bonds. The average molecular weight is 263 g/mol. The molecule has 1 aliphatic carbocycles. The van der Waals surface area contributed by atoms with Gasteiger partial charge in [-0.15, -0.1) is 0 Å². The summed E-state index contributed by atoms with van der Waals surface area (Å²) in [5.41, 5.74) is 3.16. The molecule has 0 saturated heterocycles. The van der Waals surface area contributed by atoms with Gasteiger partial charge in [-0.3, -0.25) is 9.48 Å². The first kappa shape index (κ1) is 11.6. The lowest BCUT2D eigenvalue weighted by molar-refractivity contribution is 0.587. The van der Waals surface area contributed by atoms with Crippen LogP contribution < -0.4 is 5.56 Å². The van der Waals surface area contributed by atoms with E-state index in [0.29, 0.717) is 5.02 Å². The van der Waals surface area contributed by atoms with Crippen molar-refractivity contribution < 1.29 is 0 Å². The highest BCUT2D eigenvalue weighted by Gasteiger charge is 2.21. The van der Waals surface area contributed by atoms with Gasteiger partial charge in [-0.2, -0.15) is 0 Å². The molecule has 3 rings (SSSR count). The fraction of sp³-hybridized carbons (Fsp3) is 0.357. The smallest absolute Gasteiger partial charge is 0.274 e. The summed E-state index contributed by atoms with van der Waals surface area (Å²) < 4.78 is 3.73. The minimum atomic E-state index is 0.120. The van der Waals surface area contributed by atoms with Crippen LogP contribution in [0.15, 0.2) is 29.1 Å². The van der Waals surface area contributed by atoms with Gasteiger partial charge in [-0.1, -0.05) is 11.6 Å². The molecule has 3 nitrogen and oxygen atoms in total. The van der Waals surface area contributed by atoms with Crippen LogP contribution in [0.2, 0.25) is 5.02 Å². The lowest BCUT2D eigenvalue weighted by Gasteiger charge is -2.12. The molecule has 4 heteroatoms. The normalized spacial score (nSPS) is 14.6. The molecule has 94 valence electrons. The first-order chi connectivity index (χ1) is 8.68.